The molecule has 0 aliphatic carbocycles. The second kappa shape index (κ2) is 4.04. The van der Waals surface area contributed by atoms with Crippen LogP contribution in [0, 0.1) is 0 Å². The first-order valence-electron chi connectivity index (χ1n) is 4.60. The van der Waals surface area contributed by atoms with Gasteiger partial charge in [-0.25, -0.2) is 0 Å². The molecule has 6 nitrogen and oxygen atoms in total. The second-order valence-corrected chi connectivity index (χ2v) is 3.44. The van der Waals surface area contributed by atoms with Crippen LogP contribution in [-0.2, 0) is 18.3 Å². The van der Waals surface area contributed by atoms with Gasteiger partial charge in [-0.3, -0.25) is 4.68 Å². The third-order valence-corrected chi connectivity index (χ3v) is 2.40. The van der Waals surface area contributed by atoms with Gasteiger partial charge >= 0.3 is 0 Å². The molecule has 1 aromatic rings. The van der Waals surface area contributed by atoms with Crippen molar-refractivity contribution in [2.24, 2.45) is 7.05 Å². The molecule has 1 fully saturated rings. The minimum atomic E-state index is -0.406. The molecular weight excluding hydrogens is 184 g/mol. The van der Waals surface area contributed by atoms with Gasteiger partial charge in [0.15, 0.2) is 0 Å². The van der Waals surface area contributed by atoms with Crippen molar-refractivity contribution in [3.8, 4) is 0 Å². The molecule has 14 heavy (non-hydrogen) atoms. The van der Waals surface area contributed by atoms with Gasteiger partial charge in [0.25, 0.3) is 0 Å². The zero-order valence-corrected chi connectivity index (χ0v) is 8.05. The van der Waals surface area contributed by atoms with E-state index in [0.717, 1.165) is 5.69 Å². The largest absolute Gasteiger partial charge is 0.389 e. The molecule has 1 aromatic heterocycles. The molecular formula is C8H14N4O2. The van der Waals surface area contributed by atoms with Crippen LogP contribution < -0.4 is 5.32 Å². The fourth-order valence-electron chi connectivity index (χ4n) is 1.44. The first-order chi connectivity index (χ1) is 6.77. The van der Waals surface area contributed by atoms with Gasteiger partial charge in [0.2, 0.25) is 0 Å². The van der Waals surface area contributed by atoms with Gasteiger partial charge in [-0.05, 0) is 0 Å². The number of aliphatic hydroxyl groups excluding tert-OH is 1. The molecule has 1 aliphatic heterocycles. The van der Waals surface area contributed by atoms with Crippen molar-refractivity contribution in [2.45, 2.75) is 18.7 Å². The number of rotatable bonds is 3. The molecule has 0 saturated carbocycles. The van der Waals surface area contributed by atoms with Crippen LogP contribution in [0.5, 0.6) is 0 Å². The van der Waals surface area contributed by atoms with E-state index in [0.29, 0.717) is 19.8 Å². The normalized spacial score (nSPS) is 27.0. The number of aryl methyl sites for hydroxylation is 1. The fraction of sp³-hybridized carbons (Fsp3) is 0.750. The van der Waals surface area contributed by atoms with E-state index in [-0.39, 0.29) is 6.04 Å². The Kier molecular flexibility index (Phi) is 2.76. The molecule has 2 heterocycles. The van der Waals surface area contributed by atoms with Crippen molar-refractivity contribution < 1.29 is 9.84 Å². The van der Waals surface area contributed by atoms with E-state index in [1.54, 1.807) is 10.9 Å². The van der Waals surface area contributed by atoms with Crippen LogP contribution in [0.2, 0.25) is 0 Å². The lowest BCUT2D eigenvalue weighted by Gasteiger charge is -2.13. The molecule has 2 unspecified atom stereocenters. The number of ether oxygens (including phenoxy) is 1. The second-order valence-electron chi connectivity index (χ2n) is 3.44. The van der Waals surface area contributed by atoms with Crippen molar-refractivity contribution in [1.29, 1.82) is 0 Å². The van der Waals surface area contributed by atoms with Crippen LogP contribution in [0.3, 0.4) is 0 Å². The van der Waals surface area contributed by atoms with Crippen LogP contribution >= 0.6 is 0 Å². The van der Waals surface area contributed by atoms with Gasteiger partial charge in [0, 0.05) is 13.6 Å². The number of hydrogen-bond acceptors (Lipinski definition) is 5. The summed E-state index contributed by atoms with van der Waals surface area (Å²) in [6, 6.07) is 0.0184. The third kappa shape index (κ3) is 1.92. The molecule has 1 saturated heterocycles. The minimum absolute atomic E-state index is 0.0184. The molecule has 0 aromatic carbocycles. The van der Waals surface area contributed by atoms with E-state index >= 15 is 0 Å². The Labute approximate surface area is 81.9 Å². The van der Waals surface area contributed by atoms with Crippen molar-refractivity contribution in [3.05, 3.63) is 11.9 Å². The van der Waals surface area contributed by atoms with Crippen LogP contribution in [-0.4, -0.2) is 45.5 Å². The molecule has 78 valence electrons. The Balaban J connectivity index is 1.85. The van der Waals surface area contributed by atoms with Crippen LogP contribution in [0.15, 0.2) is 6.20 Å². The van der Waals surface area contributed by atoms with Gasteiger partial charge in [0.05, 0.1) is 37.3 Å². The summed E-state index contributed by atoms with van der Waals surface area (Å²) in [6.45, 7) is 1.63. The number of nitrogens with one attached hydrogen (secondary N) is 1. The van der Waals surface area contributed by atoms with Crippen molar-refractivity contribution in [1.82, 2.24) is 20.3 Å². The molecule has 0 spiro atoms. The van der Waals surface area contributed by atoms with Gasteiger partial charge < -0.3 is 15.2 Å². The monoisotopic (exact) mass is 198 g/mol. The summed E-state index contributed by atoms with van der Waals surface area (Å²) >= 11 is 0. The minimum Gasteiger partial charge on any atom is -0.389 e. The maximum Gasteiger partial charge on any atom is 0.0948 e. The molecule has 6 heteroatoms. The van der Waals surface area contributed by atoms with Gasteiger partial charge in [-0.15, -0.1) is 5.10 Å². The summed E-state index contributed by atoms with van der Waals surface area (Å²) in [4.78, 5) is 0. The number of aromatic nitrogens is 3. The summed E-state index contributed by atoms with van der Waals surface area (Å²) < 4.78 is 6.82. The standard InChI is InChI=1S/C8H14N4O2/c1-12-6(3-10-11-12)2-9-7-4-14-5-8(7)13/h3,7-9,13H,2,4-5H2,1H3. The molecule has 2 atom stereocenters. The molecule has 0 radical (unpaired) electrons. The Hall–Kier alpha value is -0.980. The van der Waals surface area contributed by atoms with Crippen LogP contribution in [0.1, 0.15) is 5.69 Å². The third-order valence-electron chi connectivity index (χ3n) is 2.40. The molecule has 0 amide bonds. The lowest BCUT2D eigenvalue weighted by Crippen LogP contribution is -2.38. The predicted octanol–water partition coefficient (Wildman–Crippen LogP) is -1.34. The van der Waals surface area contributed by atoms with E-state index in [4.69, 9.17) is 4.74 Å². The van der Waals surface area contributed by atoms with Crippen LogP contribution in [0.4, 0.5) is 0 Å². The first-order valence-corrected chi connectivity index (χ1v) is 4.60. The average molecular weight is 198 g/mol. The van der Waals surface area contributed by atoms with Crippen molar-refractivity contribution >= 4 is 0 Å². The maximum absolute atomic E-state index is 9.46. The van der Waals surface area contributed by atoms with Gasteiger partial charge in [0.1, 0.15) is 0 Å². The zero-order valence-electron chi connectivity index (χ0n) is 8.05. The number of aliphatic hydroxyl groups is 1. The maximum atomic E-state index is 9.46. The lowest BCUT2D eigenvalue weighted by atomic mass is 10.2. The first kappa shape index (κ1) is 9.57. The highest BCUT2D eigenvalue weighted by atomic mass is 16.5. The van der Waals surface area contributed by atoms with E-state index in [1.807, 2.05) is 7.05 Å². The fourth-order valence-corrected chi connectivity index (χ4v) is 1.44. The Morgan fingerprint density at radius 2 is 2.57 bits per heavy atom. The molecule has 1 aliphatic rings. The van der Waals surface area contributed by atoms with Crippen molar-refractivity contribution in [2.75, 3.05) is 13.2 Å². The smallest absolute Gasteiger partial charge is 0.0948 e. The highest BCUT2D eigenvalue weighted by Crippen LogP contribution is 2.05. The van der Waals surface area contributed by atoms with Gasteiger partial charge in [-0.2, -0.15) is 0 Å². The summed E-state index contributed by atoms with van der Waals surface area (Å²) in [5.41, 5.74) is 0.990. The van der Waals surface area contributed by atoms with E-state index in [2.05, 4.69) is 15.6 Å². The van der Waals surface area contributed by atoms with E-state index in [9.17, 15) is 5.11 Å². The quantitative estimate of drug-likeness (QED) is 0.629. The lowest BCUT2D eigenvalue weighted by molar-refractivity contribution is 0.122. The predicted molar refractivity (Wildman–Crippen MR) is 48.5 cm³/mol. The zero-order chi connectivity index (χ0) is 9.97. The molecule has 0 bridgehead atoms. The summed E-state index contributed by atoms with van der Waals surface area (Å²) in [6.07, 6.45) is 1.30. The topological polar surface area (TPSA) is 72.2 Å². The summed E-state index contributed by atoms with van der Waals surface area (Å²) in [5.74, 6) is 0. The summed E-state index contributed by atoms with van der Waals surface area (Å²) in [5, 5.41) is 20.2. The van der Waals surface area contributed by atoms with Crippen LogP contribution in [0.25, 0.3) is 0 Å². The summed E-state index contributed by atoms with van der Waals surface area (Å²) in [7, 11) is 1.84. The molecule has 2 rings (SSSR count). The average Bonchev–Trinajstić information content (AvgIpc) is 2.72. The highest BCUT2D eigenvalue weighted by Gasteiger charge is 2.25. The van der Waals surface area contributed by atoms with Gasteiger partial charge in [-0.1, -0.05) is 5.21 Å². The van der Waals surface area contributed by atoms with E-state index < -0.39 is 6.10 Å². The molecule has 2 N–H and O–H groups in total. The Morgan fingerprint density at radius 3 is 3.14 bits per heavy atom. The number of nitrogens with zero attached hydrogens (tertiary/aromatic N) is 3. The number of hydrogen-bond donors (Lipinski definition) is 2. The van der Waals surface area contributed by atoms with Crippen molar-refractivity contribution in [3.63, 3.8) is 0 Å². The Bertz CT molecular complexity index is 301. The van der Waals surface area contributed by atoms with E-state index in [1.165, 1.54) is 0 Å². The SMILES string of the molecule is Cn1nncc1CNC1COCC1O. The highest BCUT2D eigenvalue weighted by molar-refractivity contribution is 4.94. The Morgan fingerprint density at radius 1 is 1.71 bits per heavy atom.